The molecule has 0 aliphatic carbocycles. The lowest BCUT2D eigenvalue weighted by Gasteiger charge is -2.28. The van der Waals surface area contributed by atoms with Crippen LogP contribution in [0.25, 0.3) is 16.8 Å². The van der Waals surface area contributed by atoms with Crippen LogP contribution in [0.5, 0.6) is 0 Å². The number of primary amides is 1. The zero-order valence-corrected chi connectivity index (χ0v) is 20.4. The Labute approximate surface area is 210 Å². The van der Waals surface area contributed by atoms with Crippen LogP contribution in [-0.4, -0.2) is 44.8 Å². The molecular formula is C29H30FN5O. The molecule has 2 heterocycles. The molecular weight excluding hydrogens is 453 g/mol. The third-order valence-electron chi connectivity index (χ3n) is 6.67. The van der Waals surface area contributed by atoms with Gasteiger partial charge in [0.25, 0.3) is 5.91 Å². The fourth-order valence-corrected chi connectivity index (χ4v) is 4.75. The molecule has 0 spiro atoms. The van der Waals surface area contributed by atoms with Gasteiger partial charge in [0.05, 0.1) is 5.69 Å². The summed E-state index contributed by atoms with van der Waals surface area (Å²) in [6, 6.07) is 25.3. The lowest BCUT2D eigenvalue weighted by molar-refractivity contribution is 0.0990. The highest BCUT2D eigenvalue weighted by atomic mass is 19.1. The van der Waals surface area contributed by atoms with Crippen LogP contribution in [0.3, 0.4) is 0 Å². The smallest absolute Gasteiger partial charge is 0.288 e. The zero-order chi connectivity index (χ0) is 25.1. The summed E-state index contributed by atoms with van der Waals surface area (Å²) in [5, 5.41) is 4.18. The van der Waals surface area contributed by atoms with Gasteiger partial charge >= 0.3 is 0 Å². The van der Waals surface area contributed by atoms with E-state index in [-0.39, 0.29) is 5.82 Å². The zero-order valence-electron chi connectivity index (χ0n) is 20.4. The standard InChI is InChI=1S/C29H30FN5O/c1-20-32-29(28(31)36)33-35(20)27-14-8-22(9-15-27)17-21-4-10-24(11-5-21)25-12-6-23(7-13-25)18-34-16-2-3-26(30)19-34/h4-15,26H,2-3,16-19H2,1H3,(H2,31,36)/t26-/m1/s1. The molecule has 3 aromatic carbocycles. The number of hydrogen-bond acceptors (Lipinski definition) is 4. The van der Waals surface area contributed by atoms with E-state index in [9.17, 15) is 9.18 Å². The summed E-state index contributed by atoms with van der Waals surface area (Å²) in [6.07, 6.45) is 1.75. The Morgan fingerprint density at radius 3 is 2.08 bits per heavy atom. The van der Waals surface area contributed by atoms with E-state index in [0.717, 1.165) is 31.6 Å². The molecule has 7 heteroatoms. The molecule has 1 saturated heterocycles. The average molecular weight is 484 g/mol. The Bertz CT molecular complexity index is 1330. The van der Waals surface area contributed by atoms with Crippen molar-refractivity contribution in [1.82, 2.24) is 19.7 Å². The Morgan fingerprint density at radius 1 is 0.944 bits per heavy atom. The highest BCUT2D eigenvalue weighted by Gasteiger charge is 2.19. The first-order valence-corrected chi connectivity index (χ1v) is 12.3. The summed E-state index contributed by atoms with van der Waals surface area (Å²) >= 11 is 0. The fourth-order valence-electron chi connectivity index (χ4n) is 4.75. The van der Waals surface area contributed by atoms with E-state index in [1.54, 1.807) is 11.6 Å². The van der Waals surface area contributed by atoms with E-state index in [4.69, 9.17) is 5.73 Å². The minimum Gasteiger partial charge on any atom is -0.363 e. The molecule has 2 N–H and O–H groups in total. The first-order valence-electron chi connectivity index (χ1n) is 12.3. The second-order valence-corrected chi connectivity index (χ2v) is 9.47. The van der Waals surface area contributed by atoms with Crippen molar-refractivity contribution in [2.75, 3.05) is 13.1 Å². The number of carbonyl (C=O) groups is 1. The van der Waals surface area contributed by atoms with Gasteiger partial charge in [-0.2, -0.15) is 0 Å². The van der Waals surface area contributed by atoms with Crippen LogP contribution in [0.1, 0.15) is 46.0 Å². The second kappa shape index (κ2) is 10.4. The van der Waals surface area contributed by atoms with Crippen LogP contribution in [-0.2, 0) is 13.0 Å². The highest BCUT2D eigenvalue weighted by molar-refractivity contribution is 5.88. The van der Waals surface area contributed by atoms with Crippen molar-refractivity contribution >= 4 is 5.91 Å². The van der Waals surface area contributed by atoms with Crippen molar-refractivity contribution in [2.45, 2.75) is 38.9 Å². The lowest BCUT2D eigenvalue weighted by atomic mass is 9.99. The lowest BCUT2D eigenvalue weighted by Crippen LogP contribution is -2.35. The molecule has 184 valence electrons. The van der Waals surface area contributed by atoms with Gasteiger partial charge in [0.15, 0.2) is 0 Å². The number of nitrogens with zero attached hydrogens (tertiary/aromatic N) is 4. The molecule has 1 aliphatic heterocycles. The number of rotatable bonds is 7. The van der Waals surface area contributed by atoms with E-state index < -0.39 is 12.1 Å². The van der Waals surface area contributed by atoms with Crippen LogP contribution in [0.2, 0.25) is 0 Å². The topological polar surface area (TPSA) is 77.0 Å². The second-order valence-electron chi connectivity index (χ2n) is 9.47. The molecule has 0 unspecified atom stereocenters. The predicted octanol–water partition coefficient (Wildman–Crippen LogP) is 4.87. The maximum absolute atomic E-state index is 13.7. The number of carbonyl (C=O) groups excluding carboxylic acids is 1. The number of aryl methyl sites for hydroxylation is 1. The highest BCUT2D eigenvalue weighted by Crippen LogP contribution is 2.23. The van der Waals surface area contributed by atoms with Gasteiger partial charge in [-0.05, 0) is 72.7 Å². The van der Waals surface area contributed by atoms with Gasteiger partial charge in [0, 0.05) is 13.1 Å². The van der Waals surface area contributed by atoms with Gasteiger partial charge in [-0.25, -0.2) is 14.1 Å². The summed E-state index contributed by atoms with van der Waals surface area (Å²) in [7, 11) is 0. The van der Waals surface area contributed by atoms with Crippen molar-refractivity contribution < 1.29 is 9.18 Å². The van der Waals surface area contributed by atoms with Crippen molar-refractivity contribution in [1.29, 1.82) is 0 Å². The normalized spacial score (nSPS) is 16.2. The number of alkyl halides is 1. The van der Waals surface area contributed by atoms with E-state index in [1.807, 2.05) is 12.1 Å². The third kappa shape index (κ3) is 5.52. The molecule has 1 aliphatic rings. The van der Waals surface area contributed by atoms with Crippen molar-refractivity contribution in [3.05, 3.63) is 101 Å². The fraction of sp³-hybridized carbons (Fsp3) is 0.276. The number of nitrogens with two attached hydrogens (primary N) is 1. The Morgan fingerprint density at radius 2 is 1.53 bits per heavy atom. The summed E-state index contributed by atoms with van der Waals surface area (Å²) in [5.41, 5.74) is 12.1. The minimum absolute atomic E-state index is 0.0169. The van der Waals surface area contributed by atoms with Crippen LogP contribution < -0.4 is 5.73 Å². The molecule has 0 bridgehead atoms. The number of likely N-dealkylation sites (tertiary alicyclic amines) is 1. The van der Waals surface area contributed by atoms with E-state index in [1.165, 1.54) is 27.8 Å². The molecule has 1 fully saturated rings. The number of piperidine rings is 1. The van der Waals surface area contributed by atoms with Gasteiger partial charge < -0.3 is 5.73 Å². The van der Waals surface area contributed by atoms with Gasteiger partial charge in [0.1, 0.15) is 12.0 Å². The molecule has 5 rings (SSSR count). The minimum atomic E-state index is -0.691. The molecule has 36 heavy (non-hydrogen) atoms. The van der Waals surface area contributed by atoms with Crippen LogP contribution in [0.4, 0.5) is 4.39 Å². The molecule has 1 amide bonds. The summed E-state index contributed by atoms with van der Waals surface area (Å²) in [6.45, 7) is 4.12. The van der Waals surface area contributed by atoms with Crippen molar-refractivity contribution in [3.63, 3.8) is 0 Å². The molecule has 1 aromatic heterocycles. The quantitative estimate of drug-likeness (QED) is 0.407. The average Bonchev–Trinajstić information content (AvgIpc) is 3.28. The molecule has 1 atom stereocenters. The van der Waals surface area contributed by atoms with E-state index >= 15 is 0 Å². The molecule has 0 saturated carbocycles. The SMILES string of the molecule is Cc1nc(C(N)=O)nn1-c1ccc(Cc2ccc(-c3ccc(CN4CCC[C@@H](F)C4)cc3)cc2)cc1. The number of halogens is 1. The number of benzene rings is 3. The van der Waals surface area contributed by atoms with Gasteiger partial charge in [-0.15, -0.1) is 5.10 Å². The predicted molar refractivity (Wildman–Crippen MR) is 139 cm³/mol. The molecule has 4 aromatic rings. The monoisotopic (exact) mass is 483 g/mol. The molecule has 6 nitrogen and oxygen atoms in total. The van der Waals surface area contributed by atoms with Crippen molar-refractivity contribution in [3.8, 4) is 16.8 Å². The van der Waals surface area contributed by atoms with E-state index in [0.29, 0.717) is 18.8 Å². The van der Waals surface area contributed by atoms with Gasteiger partial charge in [-0.3, -0.25) is 9.69 Å². The maximum Gasteiger partial charge on any atom is 0.288 e. The Hall–Kier alpha value is -3.84. The summed E-state index contributed by atoms with van der Waals surface area (Å²) in [4.78, 5) is 17.6. The van der Waals surface area contributed by atoms with Crippen LogP contribution >= 0.6 is 0 Å². The summed E-state index contributed by atoms with van der Waals surface area (Å²) in [5.74, 6) is -0.00935. The van der Waals surface area contributed by atoms with Crippen molar-refractivity contribution in [2.24, 2.45) is 5.73 Å². The first-order chi connectivity index (χ1) is 17.4. The maximum atomic E-state index is 13.7. The first kappa shape index (κ1) is 23.9. The largest absolute Gasteiger partial charge is 0.363 e. The molecule has 0 radical (unpaired) electrons. The Kier molecular flexibility index (Phi) is 6.91. The number of hydrogen-bond donors (Lipinski definition) is 1. The van der Waals surface area contributed by atoms with E-state index in [2.05, 4.69) is 75.6 Å². The van der Waals surface area contributed by atoms with Gasteiger partial charge in [0.2, 0.25) is 5.82 Å². The summed E-state index contributed by atoms with van der Waals surface area (Å²) < 4.78 is 15.3. The third-order valence-corrected chi connectivity index (χ3v) is 6.67. The number of aromatic nitrogens is 3. The Balaban J connectivity index is 1.21. The van der Waals surface area contributed by atoms with Crippen LogP contribution in [0.15, 0.2) is 72.8 Å². The number of amides is 1. The van der Waals surface area contributed by atoms with Crippen LogP contribution in [0, 0.1) is 6.92 Å². The van der Waals surface area contributed by atoms with Gasteiger partial charge in [-0.1, -0.05) is 60.7 Å².